The number of hydrogen-bond acceptors (Lipinski definition) is 11. The third kappa shape index (κ3) is 6.12. The number of aromatic nitrogens is 2. The van der Waals surface area contributed by atoms with E-state index in [2.05, 4.69) is 26.1 Å². The van der Waals surface area contributed by atoms with Crippen LogP contribution in [-0.4, -0.2) is 32.4 Å². The quantitative estimate of drug-likeness (QED) is 0.220. The smallest absolute Gasteiger partial charge is 0.355 e. The van der Waals surface area contributed by atoms with Crippen LogP contribution in [-0.2, 0) is 4.74 Å². The average molecular weight is 467 g/mol. The van der Waals surface area contributed by atoms with E-state index in [1.165, 1.54) is 36.4 Å². The molecule has 3 rings (SSSR count). The Labute approximate surface area is 193 Å². The van der Waals surface area contributed by atoms with E-state index in [9.17, 15) is 25.0 Å². The molecule has 0 aliphatic heterocycles. The first kappa shape index (κ1) is 23.8. The molecule has 0 saturated heterocycles. The van der Waals surface area contributed by atoms with Gasteiger partial charge in [0.2, 0.25) is 11.6 Å². The fourth-order valence-corrected chi connectivity index (χ4v) is 2.68. The maximum Gasteiger partial charge on any atom is 0.355 e. The van der Waals surface area contributed by atoms with E-state index >= 15 is 0 Å². The molecule has 176 valence electrons. The minimum absolute atomic E-state index is 0.0804. The van der Waals surface area contributed by atoms with E-state index in [0.717, 1.165) is 6.33 Å². The van der Waals surface area contributed by atoms with Crippen molar-refractivity contribution in [3.05, 3.63) is 80.7 Å². The van der Waals surface area contributed by atoms with Gasteiger partial charge in [0.15, 0.2) is 0 Å². The number of non-ortho nitro benzene ring substituents is 1. The van der Waals surface area contributed by atoms with Crippen LogP contribution in [0.3, 0.4) is 0 Å². The number of carbonyl (C=O) groups excluding carboxylic acids is 1. The third-order valence-electron chi connectivity index (χ3n) is 4.34. The minimum atomic E-state index is -0.653. The summed E-state index contributed by atoms with van der Waals surface area (Å²) in [6.07, 6.45) is 1.13. The molecular weight excluding hydrogens is 446 g/mol. The highest BCUT2D eigenvalue weighted by Gasteiger charge is 2.23. The number of nitro groups is 2. The Bertz CT molecular complexity index is 1180. The Morgan fingerprint density at radius 3 is 2.12 bits per heavy atom. The molecule has 13 heteroatoms. The lowest BCUT2D eigenvalue weighted by molar-refractivity contribution is -0.384. The van der Waals surface area contributed by atoms with Gasteiger partial charge in [-0.15, -0.1) is 0 Å². The van der Waals surface area contributed by atoms with E-state index in [4.69, 9.17) is 4.74 Å². The van der Waals surface area contributed by atoms with Crippen molar-refractivity contribution in [2.75, 3.05) is 22.8 Å². The van der Waals surface area contributed by atoms with Crippen LogP contribution in [0.1, 0.15) is 24.2 Å². The van der Waals surface area contributed by atoms with Crippen LogP contribution >= 0.6 is 0 Å². The molecule has 0 atom stereocenters. The van der Waals surface area contributed by atoms with Crippen molar-refractivity contribution < 1.29 is 19.4 Å². The predicted octanol–water partition coefficient (Wildman–Crippen LogP) is 4.29. The lowest BCUT2D eigenvalue weighted by atomic mass is 10.2. The zero-order valence-electron chi connectivity index (χ0n) is 18.2. The predicted molar refractivity (Wildman–Crippen MR) is 124 cm³/mol. The molecule has 0 amide bonds. The molecule has 13 nitrogen and oxygen atoms in total. The minimum Gasteiger partial charge on any atom is -0.462 e. The zero-order valence-corrected chi connectivity index (χ0v) is 18.2. The van der Waals surface area contributed by atoms with Crippen molar-refractivity contribution in [1.29, 1.82) is 0 Å². The lowest BCUT2D eigenvalue weighted by Gasteiger charge is -2.12. The van der Waals surface area contributed by atoms with Gasteiger partial charge >= 0.3 is 11.7 Å². The molecule has 1 heterocycles. The number of nitrogens with zero attached hydrogens (tertiary/aromatic N) is 4. The van der Waals surface area contributed by atoms with Crippen molar-refractivity contribution >= 4 is 40.4 Å². The fraction of sp³-hybridized carbons (Fsp3) is 0.190. The van der Waals surface area contributed by atoms with E-state index in [1.807, 2.05) is 13.8 Å². The second-order valence-electron chi connectivity index (χ2n) is 7.43. The molecule has 0 fully saturated rings. The van der Waals surface area contributed by atoms with Crippen LogP contribution in [0, 0.1) is 26.1 Å². The summed E-state index contributed by atoms with van der Waals surface area (Å²) in [5.41, 5.74) is 6.02. The molecule has 3 N–H and O–H groups in total. The molecule has 0 aliphatic rings. The van der Waals surface area contributed by atoms with Gasteiger partial charge in [-0.05, 0) is 42.3 Å². The Morgan fingerprint density at radius 2 is 1.53 bits per heavy atom. The Balaban J connectivity index is 1.74. The largest absolute Gasteiger partial charge is 0.462 e. The molecule has 0 spiro atoms. The SMILES string of the molecule is CC(C)COC(=O)c1ccc(Nc2ncnc(NNc3ccc([N+](=O)[O-])cc3)c2[N+](=O)[O-])cc1. The van der Waals surface area contributed by atoms with Crippen LogP contribution in [0.15, 0.2) is 54.9 Å². The first-order valence-corrected chi connectivity index (χ1v) is 10.0. The Kier molecular flexibility index (Phi) is 7.48. The molecule has 0 saturated carbocycles. The maximum atomic E-state index is 12.0. The molecule has 3 aromatic rings. The van der Waals surface area contributed by atoms with E-state index in [0.29, 0.717) is 23.5 Å². The lowest BCUT2D eigenvalue weighted by Crippen LogP contribution is -2.13. The summed E-state index contributed by atoms with van der Waals surface area (Å²) in [5.74, 6) is -0.462. The normalized spacial score (nSPS) is 10.4. The van der Waals surface area contributed by atoms with E-state index in [1.54, 1.807) is 12.1 Å². The van der Waals surface area contributed by atoms with Gasteiger partial charge in [-0.1, -0.05) is 13.8 Å². The van der Waals surface area contributed by atoms with Crippen molar-refractivity contribution in [3.8, 4) is 0 Å². The van der Waals surface area contributed by atoms with Crippen molar-refractivity contribution in [1.82, 2.24) is 9.97 Å². The molecule has 0 bridgehead atoms. The fourth-order valence-electron chi connectivity index (χ4n) is 2.68. The number of esters is 1. The number of nitro benzene ring substituents is 1. The summed E-state index contributed by atoms with van der Waals surface area (Å²) in [5, 5.41) is 25.3. The molecule has 0 radical (unpaired) electrons. The molecule has 0 aliphatic carbocycles. The molecule has 2 aromatic carbocycles. The Hall–Kier alpha value is -4.81. The Morgan fingerprint density at radius 1 is 0.912 bits per heavy atom. The van der Waals surface area contributed by atoms with Gasteiger partial charge < -0.3 is 10.1 Å². The number of carbonyl (C=O) groups is 1. The second-order valence-corrected chi connectivity index (χ2v) is 7.43. The number of nitrogens with one attached hydrogen (secondary N) is 3. The number of ether oxygens (including phenoxy) is 1. The molecule has 0 unspecified atom stereocenters. The standard InChI is InChI=1S/C21H21N7O6/c1-13(2)11-34-21(29)14-3-5-15(6-4-14)24-19-18(28(32)33)20(23-12-22-19)26-25-16-7-9-17(10-8-16)27(30)31/h3-10,12-13,25H,11H2,1-2H3,(H2,22,23,24,26). The molecule has 1 aromatic heterocycles. The van der Waals surface area contributed by atoms with Crippen LogP contribution in [0.4, 0.5) is 34.4 Å². The summed E-state index contributed by atoms with van der Waals surface area (Å²) < 4.78 is 5.18. The van der Waals surface area contributed by atoms with E-state index in [-0.39, 0.29) is 23.2 Å². The summed E-state index contributed by atoms with van der Waals surface area (Å²) in [6.45, 7) is 4.16. The van der Waals surface area contributed by atoms with Crippen LogP contribution in [0.25, 0.3) is 0 Å². The number of hydrogen-bond donors (Lipinski definition) is 3. The number of benzene rings is 2. The van der Waals surface area contributed by atoms with Gasteiger partial charge in [-0.25, -0.2) is 14.8 Å². The monoisotopic (exact) mass is 467 g/mol. The van der Waals surface area contributed by atoms with E-state index < -0.39 is 21.5 Å². The van der Waals surface area contributed by atoms with Crippen LogP contribution < -0.4 is 16.2 Å². The number of hydrazine groups is 1. The summed E-state index contributed by atoms with van der Waals surface area (Å²) >= 11 is 0. The van der Waals surface area contributed by atoms with Gasteiger partial charge in [-0.2, -0.15) is 0 Å². The highest BCUT2D eigenvalue weighted by Crippen LogP contribution is 2.31. The summed E-state index contributed by atoms with van der Waals surface area (Å²) in [4.78, 5) is 41.2. The zero-order chi connectivity index (χ0) is 24.7. The van der Waals surface area contributed by atoms with Crippen molar-refractivity contribution in [3.63, 3.8) is 0 Å². The topological polar surface area (TPSA) is 174 Å². The summed E-state index contributed by atoms with van der Waals surface area (Å²) in [7, 11) is 0. The van der Waals surface area contributed by atoms with Crippen LogP contribution in [0.2, 0.25) is 0 Å². The highest BCUT2D eigenvalue weighted by molar-refractivity contribution is 5.90. The van der Waals surface area contributed by atoms with Crippen LogP contribution in [0.5, 0.6) is 0 Å². The molecular formula is C21H21N7O6. The van der Waals surface area contributed by atoms with Gasteiger partial charge in [0.1, 0.15) is 6.33 Å². The van der Waals surface area contributed by atoms with Gasteiger partial charge in [0.25, 0.3) is 5.69 Å². The molecule has 34 heavy (non-hydrogen) atoms. The highest BCUT2D eigenvalue weighted by atomic mass is 16.6. The van der Waals surface area contributed by atoms with Gasteiger partial charge in [-0.3, -0.25) is 31.1 Å². The third-order valence-corrected chi connectivity index (χ3v) is 4.34. The number of anilines is 4. The van der Waals surface area contributed by atoms with Gasteiger partial charge in [0.05, 0.1) is 27.7 Å². The van der Waals surface area contributed by atoms with Crippen molar-refractivity contribution in [2.45, 2.75) is 13.8 Å². The second kappa shape index (κ2) is 10.7. The average Bonchev–Trinajstić information content (AvgIpc) is 2.81. The maximum absolute atomic E-state index is 12.0. The van der Waals surface area contributed by atoms with Crippen molar-refractivity contribution in [2.24, 2.45) is 5.92 Å². The first-order valence-electron chi connectivity index (χ1n) is 10.0. The number of rotatable bonds is 10. The van der Waals surface area contributed by atoms with Gasteiger partial charge in [0, 0.05) is 17.8 Å². The first-order chi connectivity index (χ1) is 16.2. The summed E-state index contributed by atoms with van der Waals surface area (Å²) in [6, 6.07) is 11.7.